The number of hydrogen-bond acceptors (Lipinski definition) is 7. The zero-order valence-corrected chi connectivity index (χ0v) is 25.5. The lowest BCUT2D eigenvalue weighted by atomic mass is 10.1. The number of sulfonamides is 1. The Morgan fingerprint density at radius 2 is 1.58 bits per heavy atom. The van der Waals surface area contributed by atoms with E-state index in [0.717, 1.165) is 24.8 Å². The van der Waals surface area contributed by atoms with E-state index in [9.17, 15) is 18.5 Å². The Kier molecular flexibility index (Phi) is 11.6. The van der Waals surface area contributed by atoms with Crippen molar-refractivity contribution in [2.45, 2.75) is 71.1 Å². The fourth-order valence-electron chi connectivity index (χ4n) is 4.94. The summed E-state index contributed by atoms with van der Waals surface area (Å²) in [5.74, 6) is 0.493. The standard InChI is InChI=1S/C32H40N6O4S/c1-2-3-4-5-6-7-8-9-10-16-21-43(40,41)37-28-19-14-15-20-29(28)42-24-34-31-35-30-26(22-33)27(23-38(30)32(39)36-31)25-17-12-11-13-18-25/h11-15,17-20,23,37H,2-10,16,21,24H2,1H3,(H2,34,35,36,39). The van der Waals surface area contributed by atoms with Crippen LogP contribution in [0.15, 0.2) is 65.6 Å². The summed E-state index contributed by atoms with van der Waals surface area (Å²) >= 11 is 0. The van der Waals surface area contributed by atoms with Crippen molar-refractivity contribution >= 4 is 27.3 Å². The summed E-state index contributed by atoms with van der Waals surface area (Å²) in [4.78, 5) is 19.8. The number of nitrogens with one attached hydrogen (secondary N) is 3. The molecule has 0 fully saturated rings. The molecule has 10 nitrogen and oxygen atoms in total. The van der Waals surface area contributed by atoms with Crippen molar-refractivity contribution in [2.75, 3.05) is 22.5 Å². The molecule has 0 aliphatic rings. The molecule has 0 bridgehead atoms. The summed E-state index contributed by atoms with van der Waals surface area (Å²) in [5.41, 5.74) is 1.77. The lowest BCUT2D eigenvalue weighted by Crippen LogP contribution is -2.21. The molecule has 0 aliphatic carbocycles. The second-order valence-electron chi connectivity index (χ2n) is 10.5. The molecule has 0 unspecified atom stereocenters. The molecule has 0 saturated carbocycles. The number of aromatic amines is 1. The van der Waals surface area contributed by atoms with Crippen LogP contribution in [-0.2, 0) is 10.0 Å². The van der Waals surface area contributed by atoms with E-state index < -0.39 is 15.7 Å². The number of unbranched alkanes of at least 4 members (excludes halogenated alkanes) is 9. The van der Waals surface area contributed by atoms with Crippen molar-refractivity contribution in [3.05, 3.63) is 76.8 Å². The van der Waals surface area contributed by atoms with Gasteiger partial charge < -0.3 is 10.1 Å². The van der Waals surface area contributed by atoms with E-state index in [1.807, 2.05) is 30.3 Å². The highest BCUT2D eigenvalue weighted by Gasteiger charge is 2.17. The van der Waals surface area contributed by atoms with Gasteiger partial charge in [0, 0.05) is 11.8 Å². The van der Waals surface area contributed by atoms with Crippen LogP contribution in [0.2, 0.25) is 0 Å². The van der Waals surface area contributed by atoms with Gasteiger partial charge in [-0.05, 0) is 24.1 Å². The normalized spacial score (nSPS) is 11.3. The average Bonchev–Trinajstić information content (AvgIpc) is 3.38. The van der Waals surface area contributed by atoms with Crippen LogP contribution in [0, 0.1) is 11.3 Å². The van der Waals surface area contributed by atoms with Crippen LogP contribution < -0.4 is 20.5 Å². The number of fused-ring (bicyclic) bond motifs is 1. The first-order valence-corrected chi connectivity index (χ1v) is 16.6. The molecule has 228 valence electrons. The second kappa shape index (κ2) is 15.8. The Labute approximate surface area is 253 Å². The maximum atomic E-state index is 12.8. The number of ether oxygens (including phenoxy) is 1. The highest BCUT2D eigenvalue weighted by atomic mass is 32.2. The third-order valence-electron chi connectivity index (χ3n) is 7.22. The summed E-state index contributed by atoms with van der Waals surface area (Å²) < 4.78 is 35.2. The minimum Gasteiger partial charge on any atom is -0.471 e. The number of H-pyrrole nitrogens is 1. The molecule has 0 atom stereocenters. The molecule has 4 rings (SSSR count). The lowest BCUT2D eigenvalue weighted by molar-refractivity contribution is 0.347. The van der Waals surface area contributed by atoms with Crippen LogP contribution >= 0.6 is 0 Å². The molecule has 11 heteroatoms. The van der Waals surface area contributed by atoms with Crippen molar-refractivity contribution in [3.63, 3.8) is 0 Å². The number of rotatable bonds is 18. The van der Waals surface area contributed by atoms with Gasteiger partial charge in [0.05, 0.1) is 11.4 Å². The molecule has 2 heterocycles. The first kappa shape index (κ1) is 31.6. The number of hydrogen-bond donors (Lipinski definition) is 3. The van der Waals surface area contributed by atoms with Gasteiger partial charge >= 0.3 is 5.69 Å². The molecular weight excluding hydrogens is 564 g/mol. The Hall–Kier alpha value is -4.30. The minimum absolute atomic E-state index is 0.0464. The Balaban J connectivity index is 1.30. The number of aromatic nitrogens is 3. The van der Waals surface area contributed by atoms with E-state index in [4.69, 9.17) is 4.74 Å². The van der Waals surface area contributed by atoms with Gasteiger partial charge in [0.15, 0.2) is 12.4 Å². The Morgan fingerprint density at radius 1 is 0.930 bits per heavy atom. The topological polar surface area (TPSA) is 141 Å². The maximum absolute atomic E-state index is 12.8. The van der Waals surface area contributed by atoms with Crippen molar-refractivity contribution in [1.29, 1.82) is 5.26 Å². The average molecular weight is 605 g/mol. The third kappa shape index (κ3) is 9.09. The van der Waals surface area contributed by atoms with Gasteiger partial charge in [-0.3, -0.25) is 14.1 Å². The summed E-state index contributed by atoms with van der Waals surface area (Å²) in [6.45, 7) is 2.11. The number of para-hydroxylation sites is 2. The molecule has 3 N–H and O–H groups in total. The predicted octanol–water partition coefficient (Wildman–Crippen LogP) is 6.67. The molecule has 0 amide bonds. The predicted molar refractivity (Wildman–Crippen MR) is 171 cm³/mol. The molecule has 0 aliphatic heterocycles. The maximum Gasteiger partial charge on any atom is 0.334 e. The van der Waals surface area contributed by atoms with E-state index in [1.54, 1.807) is 30.5 Å². The smallest absolute Gasteiger partial charge is 0.334 e. The van der Waals surface area contributed by atoms with Gasteiger partial charge in [-0.15, -0.1) is 0 Å². The molecule has 0 radical (unpaired) electrons. The van der Waals surface area contributed by atoms with Gasteiger partial charge in [-0.25, -0.2) is 13.2 Å². The van der Waals surface area contributed by atoms with Crippen molar-refractivity contribution < 1.29 is 13.2 Å². The van der Waals surface area contributed by atoms with Crippen molar-refractivity contribution in [2.24, 2.45) is 0 Å². The van der Waals surface area contributed by atoms with Crippen LogP contribution in [0.4, 0.5) is 11.6 Å². The zero-order valence-electron chi connectivity index (χ0n) is 24.6. The Morgan fingerprint density at radius 3 is 2.28 bits per heavy atom. The largest absolute Gasteiger partial charge is 0.471 e. The van der Waals surface area contributed by atoms with Crippen molar-refractivity contribution in [3.8, 4) is 22.9 Å². The van der Waals surface area contributed by atoms with Crippen LogP contribution in [0.3, 0.4) is 0 Å². The van der Waals surface area contributed by atoms with E-state index in [1.165, 1.54) is 42.9 Å². The van der Waals surface area contributed by atoms with Gasteiger partial charge in [-0.2, -0.15) is 10.2 Å². The van der Waals surface area contributed by atoms with E-state index >= 15 is 0 Å². The van der Waals surface area contributed by atoms with Gasteiger partial charge in [0.2, 0.25) is 16.0 Å². The number of nitriles is 1. The van der Waals surface area contributed by atoms with Crippen LogP contribution in [0.5, 0.6) is 5.75 Å². The van der Waals surface area contributed by atoms with Gasteiger partial charge in [0.1, 0.15) is 17.4 Å². The Bertz CT molecular complexity index is 1680. The minimum atomic E-state index is -3.54. The summed E-state index contributed by atoms with van der Waals surface area (Å²) in [7, 11) is -3.54. The fourth-order valence-corrected chi connectivity index (χ4v) is 6.13. The molecule has 2 aromatic heterocycles. The van der Waals surface area contributed by atoms with Crippen LogP contribution in [0.1, 0.15) is 76.7 Å². The number of benzene rings is 2. The van der Waals surface area contributed by atoms with E-state index in [0.29, 0.717) is 23.4 Å². The van der Waals surface area contributed by atoms with Gasteiger partial charge in [0.25, 0.3) is 0 Å². The zero-order chi connectivity index (χ0) is 30.5. The van der Waals surface area contributed by atoms with Crippen LogP contribution in [0.25, 0.3) is 16.8 Å². The highest BCUT2D eigenvalue weighted by molar-refractivity contribution is 7.92. The summed E-state index contributed by atoms with van der Waals surface area (Å²) in [6, 6.07) is 18.2. The molecule has 4 aromatic rings. The first-order chi connectivity index (χ1) is 20.9. The number of nitrogens with zero attached hydrogens (tertiary/aromatic N) is 3. The summed E-state index contributed by atoms with van der Waals surface area (Å²) in [6.07, 6.45) is 12.9. The SMILES string of the molecule is CCCCCCCCCCCCS(=O)(=O)Nc1ccccc1OCNc1nc2c(C#N)c(-c3ccccc3)cn2c(=O)[nH]1. The first-order valence-electron chi connectivity index (χ1n) is 15.0. The summed E-state index contributed by atoms with van der Waals surface area (Å²) in [5, 5.41) is 12.7. The van der Waals surface area contributed by atoms with Crippen molar-refractivity contribution in [1.82, 2.24) is 14.4 Å². The molecule has 0 saturated heterocycles. The van der Waals surface area contributed by atoms with E-state index in [-0.39, 0.29) is 29.6 Å². The lowest BCUT2D eigenvalue weighted by Gasteiger charge is -2.14. The molecule has 2 aromatic carbocycles. The molecule has 0 spiro atoms. The second-order valence-corrected chi connectivity index (χ2v) is 12.4. The monoisotopic (exact) mass is 604 g/mol. The molecule has 43 heavy (non-hydrogen) atoms. The van der Waals surface area contributed by atoms with Gasteiger partial charge in [-0.1, -0.05) is 107 Å². The number of anilines is 2. The highest BCUT2D eigenvalue weighted by Crippen LogP contribution is 2.27. The molecular formula is C32H40N6O4S. The quantitative estimate of drug-likeness (QED) is 0.0850. The third-order valence-corrected chi connectivity index (χ3v) is 8.58. The van der Waals surface area contributed by atoms with Crippen LogP contribution in [-0.4, -0.2) is 35.3 Å². The fraction of sp³-hybridized carbons (Fsp3) is 0.406. The van der Waals surface area contributed by atoms with E-state index in [2.05, 4.69) is 33.0 Å².